The molecule has 0 unspecified atom stereocenters. The van der Waals surface area contributed by atoms with E-state index in [4.69, 9.17) is 0 Å². The van der Waals surface area contributed by atoms with Gasteiger partial charge in [0.15, 0.2) is 0 Å². The molecule has 0 fully saturated rings. The SMILES string of the molecule is c1ccc(Cc2cc(-c3ccccc3)[se]c2-c2ccc3ccccc3c2)cc1. The average Bonchev–Trinajstić information content (AvgIpc) is 3.18. The van der Waals surface area contributed by atoms with Crippen molar-refractivity contribution in [2.45, 2.75) is 6.42 Å². The first-order valence-corrected chi connectivity index (χ1v) is 11.3. The number of hydrogen-bond acceptors (Lipinski definition) is 0. The first-order chi connectivity index (χ1) is 13.9. The minimum atomic E-state index is 0.313. The number of fused-ring (bicyclic) bond motifs is 1. The molecule has 28 heavy (non-hydrogen) atoms. The molecule has 134 valence electrons. The van der Waals surface area contributed by atoms with Crippen molar-refractivity contribution >= 4 is 25.3 Å². The van der Waals surface area contributed by atoms with E-state index in [9.17, 15) is 0 Å². The van der Waals surface area contributed by atoms with E-state index >= 15 is 0 Å². The van der Waals surface area contributed by atoms with Crippen molar-refractivity contribution in [3.05, 3.63) is 120 Å². The van der Waals surface area contributed by atoms with Crippen molar-refractivity contribution in [1.82, 2.24) is 0 Å². The van der Waals surface area contributed by atoms with Gasteiger partial charge in [-0.15, -0.1) is 0 Å². The zero-order chi connectivity index (χ0) is 18.8. The molecule has 1 heteroatoms. The molecule has 0 saturated carbocycles. The molecule has 1 heterocycles. The van der Waals surface area contributed by atoms with Crippen LogP contribution in [-0.4, -0.2) is 14.5 Å². The van der Waals surface area contributed by atoms with E-state index < -0.39 is 0 Å². The van der Waals surface area contributed by atoms with Crippen LogP contribution in [0.5, 0.6) is 0 Å². The van der Waals surface area contributed by atoms with Crippen molar-refractivity contribution in [1.29, 1.82) is 0 Å². The Labute approximate surface area is 171 Å². The van der Waals surface area contributed by atoms with E-state index in [0.29, 0.717) is 14.5 Å². The quantitative estimate of drug-likeness (QED) is 0.278. The van der Waals surface area contributed by atoms with Crippen molar-refractivity contribution in [2.24, 2.45) is 0 Å². The van der Waals surface area contributed by atoms with Gasteiger partial charge in [0.25, 0.3) is 0 Å². The summed E-state index contributed by atoms with van der Waals surface area (Å²) in [5, 5.41) is 2.62. The summed E-state index contributed by atoms with van der Waals surface area (Å²) in [5.74, 6) is 0. The van der Waals surface area contributed by atoms with E-state index in [2.05, 4.69) is 109 Å². The molecule has 0 aliphatic rings. The van der Waals surface area contributed by atoms with Gasteiger partial charge in [-0.2, -0.15) is 0 Å². The molecule has 0 aliphatic heterocycles. The Morgan fingerprint density at radius 2 is 1.21 bits per heavy atom. The molecule has 0 radical (unpaired) electrons. The van der Waals surface area contributed by atoms with Crippen LogP contribution in [0.2, 0.25) is 0 Å². The van der Waals surface area contributed by atoms with Gasteiger partial charge < -0.3 is 0 Å². The van der Waals surface area contributed by atoms with Gasteiger partial charge in [0.1, 0.15) is 0 Å². The van der Waals surface area contributed by atoms with E-state index in [1.54, 1.807) is 0 Å². The maximum absolute atomic E-state index is 2.44. The summed E-state index contributed by atoms with van der Waals surface area (Å²) in [6.45, 7) is 0. The normalized spacial score (nSPS) is 11.0. The maximum atomic E-state index is 2.44. The van der Waals surface area contributed by atoms with Gasteiger partial charge in [-0.3, -0.25) is 0 Å². The van der Waals surface area contributed by atoms with Gasteiger partial charge >= 0.3 is 172 Å². The third kappa shape index (κ3) is 3.47. The van der Waals surface area contributed by atoms with Crippen LogP contribution in [0.15, 0.2) is 109 Å². The Morgan fingerprint density at radius 1 is 0.536 bits per heavy atom. The average molecular weight is 423 g/mol. The molecule has 0 nitrogen and oxygen atoms in total. The second-order valence-corrected chi connectivity index (χ2v) is 9.26. The van der Waals surface area contributed by atoms with Crippen LogP contribution in [0.3, 0.4) is 0 Å². The number of rotatable bonds is 4. The summed E-state index contributed by atoms with van der Waals surface area (Å²) >= 11 is 0.313. The van der Waals surface area contributed by atoms with Gasteiger partial charge in [-0.05, 0) is 0 Å². The molecular weight excluding hydrogens is 403 g/mol. The van der Waals surface area contributed by atoms with Crippen LogP contribution in [0, 0.1) is 0 Å². The van der Waals surface area contributed by atoms with Crippen LogP contribution in [-0.2, 0) is 6.42 Å². The standard InChI is InChI=1S/C27H20Se/c1-3-9-20(10-4-1)17-25-19-26(22-12-5-2-6-13-22)28-27(25)24-16-15-21-11-7-8-14-23(21)18-24/h1-16,18-19H,17H2. The van der Waals surface area contributed by atoms with Crippen molar-refractivity contribution in [3.63, 3.8) is 0 Å². The Morgan fingerprint density at radius 3 is 2.00 bits per heavy atom. The summed E-state index contributed by atoms with van der Waals surface area (Å²) in [6, 6.07) is 39.6. The fourth-order valence-electron chi connectivity index (χ4n) is 3.70. The molecule has 0 aliphatic carbocycles. The van der Waals surface area contributed by atoms with Gasteiger partial charge in [0.05, 0.1) is 0 Å². The second kappa shape index (κ2) is 7.64. The van der Waals surface area contributed by atoms with Crippen LogP contribution in [0.1, 0.15) is 11.1 Å². The van der Waals surface area contributed by atoms with Gasteiger partial charge in [0, 0.05) is 0 Å². The summed E-state index contributed by atoms with van der Waals surface area (Å²) in [5.41, 5.74) is 5.55. The van der Waals surface area contributed by atoms with Gasteiger partial charge in [0.2, 0.25) is 0 Å². The summed E-state index contributed by atoms with van der Waals surface area (Å²) in [7, 11) is 0. The van der Waals surface area contributed by atoms with Gasteiger partial charge in [-0.1, -0.05) is 0 Å². The molecule has 5 rings (SSSR count). The fraction of sp³-hybridized carbons (Fsp3) is 0.0370. The third-order valence-electron chi connectivity index (χ3n) is 5.12. The Hall–Kier alpha value is -2.86. The fourth-order valence-corrected chi connectivity index (χ4v) is 6.18. The van der Waals surface area contributed by atoms with E-state index in [-0.39, 0.29) is 0 Å². The molecule has 0 spiro atoms. The van der Waals surface area contributed by atoms with Gasteiger partial charge in [-0.25, -0.2) is 0 Å². The Kier molecular flexibility index (Phi) is 4.71. The third-order valence-corrected chi connectivity index (χ3v) is 7.79. The molecular formula is C27H20Se. The summed E-state index contributed by atoms with van der Waals surface area (Å²) in [4.78, 5) is 0. The number of benzene rings is 4. The zero-order valence-corrected chi connectivity index (χ0v) is 17.2. The molecule has 0 bridgehead atoms. The topological polar surface area (TPSA) is 0 Å². The first-order valence-electron chi connectivity index (χ1n) is 9.58. The predicted octanol–water partition coefficient (Wildman–Crippen LogP) is 6.82. The van der Waals surface area contributed by atoms with E-state index in [1.165, 1.54) is 41.9 Å². The molecule has 0 saturated heterocycles. The monoisotopic (exact) mass is 424 g/mol. The number of hydrogen-bond donors (Lipinski definition) is 0. The molecule has 0 N–H and O–H groups in total. The van der Waals surface area contributed by atoms with E-state index in [0.717, 1.165) is 6.42 Å². The minimum absolute atomic E-state index is 0.313. The van der Waals surface area contributed by atoms with Crippen LogP contribution in [0.4, 0.5) is 0 Å². The zero-order valence-electron chi connectivity index (χ0n) is 15.5. The Bertz CT molecular complexity index is 1220. The molecule has 0 atom stereocenters. The van der Waals surface area contributed by atoms with Crippen molar-refractivity contribution in [2.75, 3.05) is 0 Å². The van der Waals surface area contributed by atoms with Crippen LogP contribution >= 0.6 is 0 Å². The predicted molar refractivity (Wildman–Crippen MR) is 121 cm³/mol. The summed E-state index contributed by atoms with van der Waals surface area (Å²) < 4.78 is 2.99. The molecule has 5 aromatic rings. The van der Waals surface area contributed by atoms with Crippen LogP contribution < -0.4 is 0 Å². The van der Waals surface area contributed by atoms with E-state index in [1.807, 2.05) is 0 Å². The first kappa shape index (κ1) is 17.3. The van der Waals surface area contributed by atoms with Crippen molar-refractivity contribution < 1.29 is 0 Å². The summed E-state index contributed by atoms with van der Waals surface area (Å²) in [6.07, 6.45) is 0.987. The second-order valence-electron chi connectivity index (χ2n) is 7.06. The molecule has 1 aromatic heterocycles. The Balaban J connectivity index is 1.64. The van der Waals surface area contributed by atoms with Crippen LogP contribution in [0.25, 0.3) is 30.8 Å². The van der Waals surface area contributed by atoms with Crippen molar-refractivity contribution in [3.8, 4) is 20.0 Å². The molecule has 4 aromatic carbocycles. The molecule has 0 amide bonds.